The van der Waals surface area contributed by atoms with E-state index in [1.54, 1.807) is 0 Å². The number of aliphatic hydroxyl groups excluding tert-OH is 4. The standard InChI is InChI=1S/C12H24O6/c1-2-3-4-5-6-17-12-11(16)10(15)9(14)8(7-13)18-12/h8-16H,2-7H2,1H3/t8-,9+,10-,11-,12?/m1/s1. The number of ether oxygens (including phenoxy) is 2. The topological polar surface area (TPSA) is 99.4 Å². The summed E-state index contributed by atoms with van der Waals surface area (Å²) >= 11 is 0. The number of hydrogen-bond acceptors (Lipinski definition) is 6. The molecule has 0 aromatic carbocycles. The number of aliphatic hydroxyl groups is 4. The highest BCUT2D eigenvalue weighted by Crippen LogP contribution is 2.22. The minimum atomic E-state index is -1.36. The van der Waals surface area contributed by atoms with Gasteiger partial charge in [0.25, 0.3) is 0 Å². The van der Waals surface area contributed by atoms with Crippen molar-refractivity contribution in [1.82, 2.24) is 0 Å². The molecule has 6 nitrogen and oxygen atoms in total. The van der Waals surface area contributed by atoms with Crippen molar-refractivity contribution in [2.24, 2.45) is 0 Å². The summed E-state index contributed by atoms with van der Waals surface area (Å²) in [6.45, 7) is 2.10. The molecule has 1 saturated heterocycles. The first kappa shape index (κ1) is 15.8. The maximum atomic E-state index is 9.68. The zero-order valence-electron chi connectivity index (χ0n) is 10.7. The highest BCUT2D eigenvalue weighted by Gasteiger charge is 2.43. The number of hydrogen-bond donors (Lipinski definition) is 4. The van der Waals surface area contributed by atoms with Crippen LogP contribution in [0, 0.1) is 0 Å². The minimum Gasteiger partial charge on any atom is -0.394 e. The van der Waals surface area contributed by atoms with E-state index in [4.69, 9.17) is 14.6 Å². The normalized spacial score (nSPS) is 36.8. The molecule has 4 N–H and O–H groups in total. The number of rotatable bonds is 7. The Kier molecular flexibility index (Phi) is 7.06. The van der Waals surface area contributed by atoms with Crippen molar-refractivity contribution in [1.29, 1.82) is 0 Å². The molecule has 0 saturated carbocycles. The van der Waals surface area contributed by atoms with Crippen LogP contribution in [0.5, 0.6) is 0 Å². The molecular formula is C12H24O6. The van der Waals surface area contributed by atoms with Gasteiger partial charge in [-0.15, -0.1) is 0 Å². The lowest BCUT2D eigenvalue weighted by atomic mass is 9.99. The molecule has 1 heterocycles. The monoisotopic (exact) mass is 264 g/mol. The zero-order chi connectivity index (χ0) is 13.5. The second-order valence-electron chi connectivity index (χ2n) is 4.63. The van der Waals surface area contributed by atoms with E-state index >= 15 is 0 Å². The molecule has 6 heteroatoms. The molecule has 108 valence electrons. The predicted octanol–water partition coefficient (Wildman–Crippen LogP) is -0.617. The van der Waals surface area contributed by atoms with Crippen molar-refractivity contribution in [2.45, 2.75) is 63.3 Å². The van der Waals surface area contributed by atoms with Crippen LogP contribution in [-0.2, 0) is 9.47 Å². The highest BCUT2D eigenvalue weighted by atomic mass is 16.7. The van der Waals surface area contributed by atoms with Crippen molar-refractivity contribution >= 4 is 0 Å². The molecule has 0 bridgehead atoms. The van der Waals surface area contributed by atoms with Crippen LogP contribution in [0.1, 0.15) is 32.6 Å². The van der Waals surface area contributed by atoms with Gasteiger partial charge in [0.05, 0.1) is 6.61 Å². The van der Waals surface area contributed by atoms with Crippen LogP contribution in [0.2, 0.25) is 0 Å². The SMILES string of the molecule is CCCCCCOC1O[C@H](CO)[C@H](O)[C@@H](O)[C@H]1O. The van der Waals surface area contributed by atoms with Crippen LogP contribution in [0.4, 0.5) is 0 Å². The van der Waals surface area contributed by atoms with Crippen LogP contribution in [0.15, 0.2) is 0 Å². The van der Waals surface area contributed by atoms with Gasteiger partial charge in [-0.1, -0.05) is 26.2 Å². The molecule has 1 fully saturated rings. The Morgan fingerprint density at radius 2 is 1.72 bits per heavy atom. The molecular weight excluding hydrogens is 240 g/mol. The Labute approximate surface area is 107 Å². The summed E-state index contributed by atoms with van der Waals surface area (Å²) in [7, 11) is 0. The minimum absolute atomic E-state index is 0.419. The van der Waals surface area contributed by atoms with E-state index in [0.29, 0.717) is 6.61 Å². The van der Waals surface area contributed by atoms with Crippen LogP contribution >= 0.6 is 0 Å². The Bertz CT molecular complexity index is 223. The molecule has 1 aliphatic heterocycles. The van der Waals surface area contributed by atoms with Gasteiger partial charge in [-0.05, 0) is 6.42 Å². The van der Waals surface area contributed by atoms with Crippen molar-refractivity contribution in [3.63, 3.8) is 0 Å². The third kappa shape index (κ3) is 4.15. The Hall–Kier alpha value is -0.240. The van der Waals surface area contributed by atoms with Gasteiger partial charge in [0.1, 0.15) is 24.4 Å². The van der Waals surface area contributed by atoms with E-state index in [-0.39, 0.29) is 0 Å². The second kappa shape index (κ2) is 8.04. The molecule has 0 aliphatic carbocycles. The lowest BCUT2D eigenvalue weighted by molar-refractivity contribution is -0.301. The van der Waals surface area contributed by atoms with Gasteiger partial charge in [0.2, 0.25) is 0 Å². The summed E-state index contributed by atoms with van der Waals surface area (Å²) in [5.41, 5.74) is 0. The molecule has 0 radical (unpaired) electrons. The molecule has 1 aliphatic rings. The second-order valence-corrected chi connectivity index (χ2v) is 4.63. The summed E-state index contributed by atoms with van der Waals surface area (Å²) in [6, 6.07) is 0. The first-order chi connectivity index (χ1) is 8.61. The number of unbranched alkanes of at least 4 members (excludes halogenated alkanes) is 3. The van der Waals surface area contributed by atoms with Gasteiger partial charge in [0, 0.05) is 6.61 Å². The van der Waals surface area contributed by atoms with Crippen LogP contribution < -0.4 is 0 Å². The van der Waals surface area contributed by atoms with Gasteiger partial charge in [0.15, 0.2) is 6.29 Å². The fourth-order valence-electron chi connectivity index (χ4n) is 1.93. The van der Waals surface area contributed by atoms with Crippen molar-refractivity contribution in [3.8, 4) is 0 Å². The van der Waals surface area contributed by atoms with Crippen molar-refractivity contribution in [2.75, 3.05) is 13.2 Å². The van der Waals surface area contributed by atoms with E-state index in [1.165, 1.54) is 0 Å². The molecule has 0 spiro atoms. The average molecular weight is 264 g/mol. The summed E-state index contributed by atoms with van der Waals surface area (Å²) in [6.07, 6.45) is -1.75. The van der Waals surface area contributed by atoms with Crippen molar-refractivity contribution < 1.29 is 29.9 Å². The van der Waals surface area contributed by atoms with Gasteiger partial charge in [-0.25, -0.2) is 0 Å². The fourth-order valence-corrected chi connectivity index (χ4v) is 1.93. The molecule has 0 aromatic rings. The first-order valence-electron chi connectivity index (χ1n) is 6.54. The smallest absolute Gasteiger partial charge is 0.186 e. The third-order valence-corrected chi connectivity index (χ3v) is 3.13. The van der Waals surface area contributed by atoms with E-state index in [2.05, 4.69) is 6.92 Å². The quantitative estimate of drug-likeness (QED) is 0.458. The molecule has 0 amide bonds. The van der Waals surface area contributed by atoms with Gasteiger partial charge < -0.3 is 29.9 Å². The molecule has 0 aromatic heterocycles. The molecule has 18 heavy (non-hydrogen) atoms. The average Bonchev–Trinajstić information content (AvgIpc) is 2.38. The zero-order valence-corrected chi connectivity index (χ0v) is 10.7. The Morgan fingerprint density at radius 3 is 2.33 bits per heavy atom. The summed E-state index contributed by atoms with van der Waals surface area (Å²) in [4.78, 5) is 0. The largest absolute Gasteiger partial charge is 0.394 e. The van der Waals surface area contributed by atoms with Crippen LogP contribution in [-0.4, -0.2) is 64.3 Å². The van der Waals surface area contributed by atoms with E-state index < -0.39 is 37.3 Å². The molecule has 1 rings (SSSR count). The lowest BCUT2D eigenvalue weighted by Gasteiger charge is -2.39. The van der Waals surface area contributed by atoms with E-state index in [9.17, 15) is 15.3 Å². The van der Waals surface area contributed by atoms with Gasteiger partial charge >= 0.3 is 0 Å². The summed E-state index contributed by atoms with van der Waals surface area (Å²) < 4.78 is 10.5. The van der Waals surface area contributed by atoms with Crippen LogP contribution in [0.3, 0.4) is 0 Å². The Balaban J connectivity index is 2.35. The predicted molar refractivity (Wildman–Crippen MR) is 63.9 cm³/mol. The maximum absolute atomic E-state index is 9.68. The highest BCUT2D eigenvalue weighted by molar-refractivity contribution is 4.88. The van der Waals surface area contributed by atoms with Gasteiger partial charge in [-0.2, -0.15) is 0 Å². The maximum Gasteiger partial charge on any atom is 0.186 e. The Morgan fingerprint density at radius 1 is 1.00 bits per heavy atom. The fraction of sp³-hybridized carbons (Fsp3) is 1.00. The first-order valence-corrected chi connectivity index (χ1v) is 6.54. The van der Waals surface area contributed by atoms with E-state index in [1.807, 2.05) is 0 Å². The molecule has 5 atom stereocenters. The van der Waals surface area contributed by atoms with Crippen molar-refractivity contribution in [3.05, 3.63) is 0 Å². The van der Waals surface area contributed by atoms with Gasteiger partial charge in [-0.3, -0.25) is 0 Å². The van der Waals surface area contributed by atoms with E-state index in [0.717, 1.165) is 25.7 Å². The third-order valence-electron chi connectivity index (χ3n) is 3.13. The summed E-state index contributed by atoms with van der Waals surface area (Å²) in [5.74, 6) is 0. The van der Waals surface area contributed by atoms with Crippen LogP contribution in [0.25, 0.3) is 0 Å². The lowest BCUT2D eigenvalue weighted by Crippen LogP contribution is -2.59. The summed E-state index contributed by atoms with van der Waals surface area (Å²) in [5, 5.41) is 37.8. The molecule has 1 unspecified atom stereocenters.